The number of carbonyl (C=O) groups excluding carboxylic acids is 2. The number of carbonyl (C=O) groups is 2. The van der Waals surface area contributed by atoms with E-state index in [0.29, 0.717) is 32.5 Å². The normalized spacial score (nSPS) is 15.2. The SMILES string of the molecule is CCOC(=O)C1CCN(C(=O)COc2cc(C)cc(C)c2C)CC1. The molecule has 1 aliphatic heterocycles. The van der Waals surface area contributed by atoms with Gasteiger partial charge < -0.3 is 14.4 Å². The molecule has 24 heavy (non-hydrogen) atoms. The summed E-state index contributed by atoms with van der Waals surface area (Å²) in [7, 11) is 0. The van der Waals surface area contributed by atoms with Crippen LogP contribution in [-0.2, 0) is 14.3 Å². The van der Waals surface area contributed by atoms with Crippen LogP contribution in [-0.4, -0.2) is 43.1 Å². The predicted molar refractivity (Wildman–Crippen MR) is 92.1 cm³/mol. The number of hydrogen-bond acceptors (Lipinski definition) is 4. The van der Waals surface area contributed by atoms with Crippen LogP contribution in [0.1, 0.15) is 36.5 Å². The van der Waals surface area contributed by atoms with Crippen LogP contribution in [0, 0.1) is 26.7 Å². The molecule has 0 unspecified atom stereocenters. The van der Waals surface area contributed by atoms with Gasteiger partial charge in [-0.05, 0) is 63.3 Å². The smallest absolute Gasteiger partial charge is 0.309 e. The fourth-order valence-electron chi connectivity index (χ4n) is 3.01. The Labute approximate surface area is 143 Å². The monoisotopic (exact) mass is 333 g/mol. The molecule has 0 N–H and O–H groups in total. The Bertz CT molecular complexity index is 604. The van der Waals surface area contributed by atoms with Crippen molar-refractivity contribution in [3.8, 4) is 5.75 Å². The minimum atomic E-state index is -0.147. The molecule has 2 rings (SSSR count). The zero-order chi connectivity index (χ0) is 17.7. The van der Waals surface area contributed by atoms with Gasteiger partial charge in [-0.3, -0.25) is 9.59 Å². The Morgan fingerprint density at radius 1 is 1.17 bits per heavy atom. The van der Waals surface area contributed by atoms with Crippen molar-refractivity contribution in [2.75, 3.05) is 26.3 Å². The van der Waals surface area contributed by atoms with Crippen molar-refractivity contribution >= 4 is 11.9 Å². The van der Waals surface area contributed by atoms with E-state index in [1.165, 1.54) is 0 Å². The summed E-state index contributed by atoms with van der Waals surface area (Å²) in [6, 6.07) is 4.06. The van der Waals surface area contributed by atoms with Crippen molar-refractivity contribution < 1.29 is 19.1 Å². The molecule has 5 heteroatoms. The van der Waals surface area contributed by atoms with Gasteiger partial charge in [0.25, 0.3) is 5.91 Å². The number of aryl methyl sites for hydroxylation is 2. The van der Waals surface area contributed by atoms with Crippen molar-refractivity contribution in [3.05, 3.63) is 28.8 Å². The van der Waals surface area contributed by atoms with Crippen LogP contribution in [0.2, 0.25) is 0 Å². The van der Waals surface area contributed by atoms with Gasteiger partial charge in [0.2, 0.25) is 0 Å². The van der Waals surface area contributed by atoms with E-state index in [4.69, 9.17) is 9.47 Å². The van der Waals surface area contributed by atoms with Crippen LogP contribution in [0.5, 0.6) is 5.75 Å². The summed E-state index contributed by atoms with van der Waals surface area (Å²) in [5.41, 5.74) is 3.35. The molecule has 0 aromatic heterocycles. The molecule has 1 fully saturated rings. The average molecular weight is 333 g/mol. The number of benzene rings is 1. The standard InChI is InChI=1S/C19H27NO4/c1-5-23-19(22)16-6-8-20(9-7-16)18(21)12-24-17-11-13(2)10-14(3)15(17)4/h10-11,16H,5-9,12H2,1-4H3. The molecular formula is C19H27NO4. The average Bonchev–Trinajstić information content (AvgIpc) is 2.56. The summed E-state index contributed by atoms with van der Waals surface area (Å²) in [6.07, 6.45) is 1.32. The van der Waals surface area contributed by atoms with Crippen molar-refractivity contribution in [3.63, 3.8) is 0 Å². The van der Waals surface area contributed by atoms with Crippen molar-refractivity contribution in [2.24, 2.45) is 5.92 Å². The van der Waals surface area contributed by atoms with E-state index >= 15 is 0 Å². The van der Waals surface area contributed by atoms with E-state index < -0.39 is 0 Å². The molecular weight excluding hydrogens is 306 g/mol. The molecule has 1 aliphatic rings. The van der Waals surface area contributed by atoms with Gasteiger partial charge in [-0.2, -0.15) is 0 Å². The number of esters is 1. The zero-order valence-corrected chi connectivity index (χ0v) is 15.1. The lowest BCUT2D eigenvalue weighted by molar-refractivity contribution is -0.151. The fraction of sp³-hybridized carbons (Fsp3) is 0.579. The van der Waals surface area contributed by atoms with E-state index in [0.717, 1.165) is 22.4 Å². The van der Waals surface area contributed by atoms with Gasteiger partial charge in [-0.25, -0.2) is 0 Å². The van der Waals surface area contributed by atoms with Crippen molar-refractivity contribution in [2.45, 2.75) is 40.5 Å². The first-order valence-electron chi connectivity index (χ1n) is 8.57. The number of amides is 1. The highest BCUT2D eigenvalue weighted by atomic mass is 16.5. The first-order valence-corrected chi connectivity index (χ1v) is 8.57. The third kappa shape index (κ3) is 4.49. The highest BCUT2D eigenvalue weighted by Crippen LogP contribution is 2.24. The molecule has 0 radical (unpaired) electrons. The number of rotatable bonds is 5. The quantitative estimate of drug-likeness (QED) is 0.778. The van der Waals surface area contributed by atoms with Crippen LogP contribution < -0.4 is 4.74 Å². The second-order valence-electron chi connectivity index (χ2n) is 6.40. The van der Waals surface area contributed by atoms with E-state index in [2.05, 4.69) is 6.07 Å². The van der Waals surface area contributed by atoms with E-state index in [1.807, 2.05) is 33.8 Å². The van der Waals surface area contributed by atoms with Crippen LogP contribution in [0.4, 0.5) is 0 Å². The molecule has 1 aromatic rings. The highest BCUT2D eigenvalue weighted by Gasteiger charge is 2.28. The zero-order valence-electron chi connectivity index (χ0n) is 15.1. The minimum Gasteiger partial charge on any atom is -0.483 e. The topological polar surface area (TPSA) is 55.8 Å². The number of piperidine rings is 1. The summed E-state index contributed by atoms with van der Waals surface area (Å²) >= 11 is 0. The molecule has 1 aromatic carbocycles. The van der Waals surface area contributed by atoms with E-state index in [9.17, 15) is 9.59 Å². The van der Waals surface area contributed by atoms with Crippen molar-refractivity contribution in [1.82, 2.24) is 4.90 Å². The summed E-state index contributed by atoms with van der Waals surface area (Å²) < 4.78 is 10.8. The summed E-state index contributed by atoms with van der Waals surface area (Å²) in [5, 5.41) is 0. The number of ether oxygens (including phenoxy) is 2. The Morgan fingerprint density at radius 2 is 1.83 bits per heavy atom. The van der Waals surface area contributed by atoms with E-state index in [1.54, 1.807) is 4.90 Å². The summed E-state index contributed by atoms with van der Waals surface area (Å²) in [5.74, 6) is 0.501. The number of hydrogen-bond donors (Lipinski definition) is 0. The molecule has 0 spiro atoms. The van der Waals surface area contributed by atoms with Gasteiger partial charge >= 0.3 is 5.97 Å². The summed E-state index contributed by atoms with van der Waals surface area (Å²) in [4.78, 5) is 25.8. The maximum Gasteiger partial charge on any atom is 0.309 e. The molecule has 0 atom stereocenters. The van der Waals surface area contributed by atoms with Gasteiger partial charge in [0.05, 0.1) is 12.5 Å². The van der Waals surface area contributed by atoms with Gasteiger partial charge in [0, 0.05) is 13.1 Å². The maximum absolute atomic E-state index is 12.3. The summed E-state index contributed by atoms with van der Waals surface area (Å²) in [6.45, 7) is 9.46. The molecule has 0 bridgehead atoms. The number of likely N-dealkylation sites (tertiary alicyclic amines) is 1. The van der Waals surface area contributed by atoms with Gasteiger partial charge in [0.1, 0.15) is 5.75 Å². The molecule has 0 saturated carbocycles. The van der Waals surface area contributed by atoms with Gasteiger partial charge in [-0.1, -0.05) is 6.07 Å². The van der Waals surface area contributed by atoms with Gasteiger partial charge in [0.15, 0.2) is 6.61 Å². The molecule has 1 saturated heterocycles. The Balaban J connectivity index is 1.85. The van der Waals surface area contributed by atoms with Crippen molar-refractivity contribution in [1.29, 1.82) is 0 Å². The first kappa shape index (κ1) is 18.3. The van der Waals surface area contributed by atoms with Gasteiger partial charge in [-0.15, -0.1) is 0 Å². The Kier molecular flexibility index (Phi) is 6.23. The fourth-order valence-corrected chi connectivity index (χ4v) is 3.01. The molecule has 5 nitrogen and oxygen atoms in total. The predicted octanol–water partition coefficient (Wildman–Crippen LogP) is 2.79. The lowest BCUT2D eigenvalue weighted by atomic mass is 9.97. The second-order valence-corrected chi connectivity index (χ2v) is 6.40. The second kappa shape index (κ2) is 8.18. The number of nitrogens with zero attached hydrogens (tertiary/aromatic N) is 1. The largest absolute Gasteiger partial charge is 0.483 e. The molecule has 1 heterocycles. The molecule has 132 valence electrons. The highest BCUT2D eigenvalue weighted by molar-refractivity contribution is 5.78. The molecule has 0 aliphatic carbocycles. The van der Waals surface area contributed by atoms with Crippen LogP contribution >= 0.6 is 0 Å². The van der Waals surface area contributed by atoms with Crippen LogP contribution in [0.15, 0.2) is 12.1 Å². The molecule has 1 amide bonds. The lowest BCUT2D eigenvalue weighted by Crippen LogP contribution is -2.42. The van der Waals surface area contributed by atoms with E-state index in [-0.39, 0.29) is 24.4 Å². The third-order valence-electron chi connectivity index (χ3n) is 4.58. The maximum atomic E-state index is 12.3. The van der Waals surface area contributed by atoms with Crippen LogP contribution in [0.25, 0.3) is 0 Å². The Hall–Kier alpha value is -2.04. The first-order chi connectivity index (χ1) is 11.4. The van der Waals surface area contributed by atoms with Crippen LogP contribution in [0.3, 0.4) is 0 Å². The third-order valence-corrected chi connectivity index (χ3v) is 4.58. The lowest BCUT2D eigenvalue weighted by Gasteiger charge is -2.30. The Morgan fingerprint density at radius 3 is 2.46 bits per heavy atom. The minimum absolute atomic E-state index is 0.0316.